The average Bonchev–Trinajstić information content (AvgIpc) is 2.72. The monoisotopic (exact) mass is 266 g/mol. The predicted molar refractivity (Wildman–Crippen MR) is 71.0 cm³/mol. The van der Waals surface area contributed by atoms with Gasteiger partial charge < -0.3 is 0 Å². The average molecular weight is 266 g/mol. The summed E-state index contributed by atoms with van der Waals surface area (Å²) in [5.74, 6) is 0.486. The summed E-state index contributed by atoms with van der Waals surface area (Å²) in [5, 5.41) is 0. The first kappa shape index (κ1) is 13.5. The SMILES string of the molecule is CCCCC[N+]1=C(N)N=C2C1C(=O)N(C)C(=O)N2C. The standard InChI is InChI=1S/C12H19N5O2/c1-4-5-6-7-17-8-9(14-11(17)13)15(2)12(19)16(3)10(8)18/h8,13H,4-7H2,1-3H3/p+1. The van der Waals surface area contributed by atoms with Crippen LogP contribution in [0.3, 0.4) is 0 Å². The van der Waals surface area contributed by atoms with Crippen LogP contribution in [0.15, 0.2) is 4.99 Å². The first-order chi connectivity index (χ1) is 8.99. The molecule has 0 saturated carbocycles. The maximum absolute atomic E-state index is 12.2. The highest BCUT2D eigenvalue weighted by atomic mass is 16.2. The van der Waals surface area contributed by atoms with E-state index in [1.165, 1.54) is 11.9 Å². The number of nitrogens with zero attached hydrogens (tertiary/aromatic N) is 4. The summed E-state index contributed by atoms with van der Waals surface area (Å²) >= 11 is 0. The Bertz CT molecular complexity index is 483. The van der Waals surface area contributed by atoms with Crippen LogP contribution in [0.4, 0.5) is 4.79 Å². The second-order valence-electron chi connectivity index (χ2n) is 4.87. The lowest BCUT2D eigenvalue weighted by Crippen LogP contribution is -2.61. The van der Waals surface area contributed by atoms with E-state index in [1.807, 2.05) is 0 Å². The van der Waals surface area contributed by atoms with E-state index in [9.17, 15) is 9.59 Å². The van der Waals surface area contributed by atoms with Gasteiger partial charge in [0.2, 0.25) is 11.9 Å². The molecule has 7 heteroatoms. The van der Waals surface area contributed by atoms with E-state index in [0.29, 0.717) is 18.3 Å². The first-order valence-electron chi connectivity index (χ1n) is 6.52. The van der Waals surface area contributed by atoms with Crippen molar-refractivity contribution in [2.75, 3.05) is 20.6 Å². The maximum atomic E-state index is 12.2. The van der Waals surface area contributed by atoms with Crippen LogP contribution < -0.4 is 5.73 Å². The van der Waals surface area contributed by atoms with Crippen molar-refractivity contribution in [2.45, 2.75) is 32.2 Å². The van der Waals surface area contributed by atoms with Gasteiger partial charge in [0.1, 0.15) is 0 Å². The van der Waals surface area contributed by atoms with Crippen LogP contribution in [0.1, 0.15) is 26.2 Å². The minimum absolute atomic E-state index is 0.265. The van der Waals surface area contributed by atoms with Gasteiger partial charge in [-0.2, -0.15) is 0 Å². The van der Waals surface area contributed by atoms with Crippen molar-refractivity contribution in [3.8, 4) is 0 Å². The minimum Gasteiger partial charge on any atom is -0.288 e. The molecule has 1 saturated heterocycles. The van der Waals surface area contributed by atoms with Gasteiger partial charge in [0.15, 0.2) is 0 Å². The van der Waals surface area contributed by atoms with Crippen molar-refractivity contribution in [1.82, 2.24) is 9.80 Å². The van der Waals surface area contributed by atoms with Crippen molar-refractivity contribution in [3.63, 3.8) is 0 Å². The number of likely N-dealkylation sites (N-methyl/N-ethyl adjacent to an activating group) is 2. The topological polar surface area (TPSA) is 82.0 Å². The molecule has 2 N–H and O–H groups in total. The third-order valence-corrected chi connectivity index (χ3v) is 3.56. The molecule has 2 aliphatic rings. The number of hydrogen-bond acceptors (Lipinski definition) is 4. The van der Waals surface area contributed by atoms with E-state index in [2.05, 4.69) is 11.9 Å². The lowest BCUT2D eigenvalue weighted by molar-refractivity contribution is -0.536. The molecular formula is C12H20N5O2+. The zero-order chi connectivity index (χ0) is 14.2. The Morgan fingerprint density at radius 2 is 1.95 bits per heavy atom. The van der Waals surface area contributed by atoms with Gasteiger partial charge in [-0.15, -0.1) is 0 Å². The Labute approximate surface area is 112 Å². The number of aliphatic imine (C=N–C) groups is 1. The fraction of sp³-hybridized carbons (Fsp3) is 0.667. The van der Waals surface area contributed by atoms with Crippen molar-refractivity contribution in [2.24, 2.45) is 10.7 Å². The predicted octanol–water partition coefficient (Wildman–Crippen LogP) is -0.192. The van der Waals surface area contributed by atoms with Crippen LogP contribution in [-0.2, 0) is 4.79 Å². The Hall–Kier alpha value is -1.92. The zero-order valence-corrected chi connectivity index (χ0v) is 11.6. The van der Waals surface area contributed by atoms with Crippen LogP contribution in [0.2, 0.25) is 0 Å². The fourth-order valence-corrected chi connectivity index (χ4v) is 2.39. The molecule has 1 atom stereocenters. The Morgan fingerprint density at radius 1 is 1.26 bits per heavy atom. The first-order valence-corrected chi connectivity index (χ1v) is 6.52. The number of guanidine groups is 1. The summed E-state index contributed by atoms with van der Waals surface area (Å²) in [4.78, 5) is 30.8. The summed E-state index contributed by atoms with van der Waals surface area (Å²) in [6, 6.07) is -0.923. The number of amidine groups is 1. The van der Waals surface area contributed by atoms with E-state index >= 15 is 0 Å². The van der Waals surface area contributed by atoms with Gasteiger partial charge in [0.25, 0.3) is 5.91 Å². The number of nitrogens with two attached hydrogens (primary N) is 1. The van der Waals surface area contributed by atoms with Gasteiger partial charge in [-0.3, -0.25) is 20.3 Å². The van der Waals surface area contributed by atoms with Crippen molar-refractivity contribution in [1.29, 1.82) is 0 Å². The molecule has 0 aliphatic carbocycles. The summed E-state index contributed by atoms with van der Waals surface area (Å²) in [6.07, 6.45) is 3.12. The van der Waals surface area contributed by atoms with Crippen molar-refractivity contribution < 1.29 is 14.2 Å². The third kappa shape index (κ3) is 2.09. The lowest BCUT2D eigenvalue weighted by atomic mass is 10.1. The number of rotatable bonds is 4. The number of carbonyl (C=O) groups excluding carboxylic acids is 2. The molecule has 7 nitrogen and oxygen atoms in total. The van der Waals surface area contributed by atoms with Crippen LogP contribution in [-0.4, -0.2) is 64.8 Å². The molecule has 0 spiro atoms. The van der Waals surface area contributed by atoms with Crippen LogP contribution >= 0.6 is 0 Å². The molecule has 2 heterocycles. The van der Waals surface area contributed by atoms with Crippen molar-refractivity contribution >= 4 is 23.7 Å². The number of carbonyl (C=O) groups is 2. The molecule has 0 bridgehead atoms. The summed E-state index contributed by atoms with van der Waals surface area (Å²) in [7, 11) is 3.09. The highest BCUT2D eigenvalue weighted by Crippen LogP contribution is 2.18. The Morgan fingerprint density at radius 3 is 2.58 bits per heavy atom. The summed E-state index contributed by atoms with van der Waals surface area (Å²) in [6.45, 7) is 2.80. The second-order valence-corrected chi connectivity index (χ2v) is 4.87. The molecule has 0 aromatic carbocycles. The zero-order valence-electron chi connectivity index (χ0n) is 11.6. The van der Waals surface area contributed by atoms with Crippen LogP contribution in [0.25, 0.3) is 0 Å². The van der Waals surface area contributed by atoms with Crippen LogP contribution in [0.5, 0.6) is 0 Å². The van der Waals surface area contributed by atoms with Gasteiger partial charge in [0.05, 0.1) is 6.54 Å². The molecule has 0 aromatic rings. The van der Waals surface area contributed by atoms with Gasteiger partial charge in [-0.1, -0.05) is 24.8 Å². The highest BCUT2D eigenvalue weighted by Gasteiger charge is 2.50. The van der Waals surface area contributed by atoms with E-state index in [-0.39, 0.29) is 11.9 Å². The van der Waals surface area contributed by atoms with Crippen LogP contribution in [0, 0.1) is 0 Å². The smallest absolute Gasteiger partial charge is 0.288 e. The quantitative estimate of drug-likeness (QED) is 0.565. The van der Waals surface area contributed by atoms with Crippen molar-refractivity contribution in [3.05, 3.63) is 0 Å². The molecule has 1 unspecified atom stereocenters. The third-order valence-electron chi connectivity index (χ3n) is 3.56. The molecule has 0 aromatic heterocycles. The molecule has 2 rings (SSSR count). The minimum atomic E-state index is -0.551. The molecule has 2 aliphatic heterocycles. The molecule has 1 fully saturated rings. The highest BCUT2D eigenvalue weighted by molar-refractivity contribution is 6.22. The maximum Gasteiger partial charge on any atom is 0.387 e. The number of unbranched alkanes of at least 4 members (excludes halogenated alkanes) is 2. The molecular weight excluding hydrogens is 246 g/mol. The number of amides is 3. The van der Waals surface area contributed by atoms with E-state index in [1.54, 1.807) is 11.6 Å². The Balaban J connectivity index is 2.24. The molecule has 19 heavy (non-hydrogen) atoms. The number of fused-ring (bicyclic) bond motifs is 1. The number of urea groups is 1. The lowest BCUT2D eigenvalue weighted by Gasteiger charge is -2.31. The number of hydrogen-bond donors (Lipinski definition) is 1. The van der Waals surface area contributed by atoms with E-state index < -0.39 is 6.04 Å². The summed E-state index contributed by atoms with van der Waals surface area (Å²) < 4.78 is 1.78. The molecule has 104 valence electrons. The summed E-state index contributed by atoms with van der Waals surface area (Å²) in [5.41, 5.74) is 5.88. The van der Waals surface area contributed by atoms with Gasteiger partial charge in [-0.05, 0) is 6.42 Å². The van der Waals surface area contributed by atoms with E-state index in [4.69, 9.17) is 5.73 Å². The Kier molecular flexibility index (Phi) is 3.55. The normalized spacial score (nSPS) is 23.1. The number of imide groups is 1. The van der Waals surface area contributed by atoms with Gasteiger partial charge >= 0.3 is 12.0 Å². The molecule has 3 amide bonds. The molecule has 0 radical (unpaired) electrons. The largest absolute Gasteiger partial charge is 0.387 e. The second kappa shape index (κ2) is 4.99. The van der Waals surface area contributed by atoms with E-state index in [0.717, 1.165) is 24.2 Å². The van der Waals surface area contributed by atoms with Gasteiger partial charge in [-0.25, -0.2) is 9.37 Å². The fourth-order valence-electron chi connectivity index (χ4n) is 2.39. The van der Waals surface area contributed by atoms with Gasteiger partial charge in [0, 0.05) is 14.1 Å².